The van der Waals surface area contributed by atoms with Crippen molar-refractivity contribution in [2.45, 2.75) is 0 Å². The molecule has 0 saturated heterocycles. The van der Waals surface area contributed by atoms with E-state index in [2.05, 4.69) is 161 Å². The van der Waals surface area contributed by atoms with Crippen molar-refractivity contribution in [1.82, 2.24) is 19.9 Å². The molecule has 1 aliphatic rings. The summed E-state index contributed by atoms with van der Waals surface area (Å²) in [5.41, 5.74) is 14.9. The molecule has 5 heteroatoms. The van der Waals surface area contributed by atoms with Crippen LogP contribution in [0.2, 0.25) is 0 Å². The molecule has 8 aromatic rings. The molecule has 5 aromatic heterocycles. The van der Waals surface area contributed by atoms with Crippen LogP contribution in [0.25, 0.3) is 88.0 Å². The Morgan fingerprint density at radius 3 is 1.26 bits per heavy atom. The summed E-state index contributed by atoms with van der Waals surface area (Å²) in [6.07, 6.45) is 4.23. The fourth-order valence-corrected chi connectivity index (χ4v) is 7.63. The predicted molar refractivity (Wildman–Crippen MR) is 196 cm³/mol. The van der Waals surface area contributed by atoms with Gasteiger partial charge in [-0.15, -0.1) is 11.3 Å². The van der Waals surface area contributed by atoms with Gasteiger partial charge < -0.3 is 15.0 Å². The fraction of sp³-hybridized carbons (Fsp3) is 0. The number of thiophene rings is 1. The minimum absolute atomic E-state index is 0.913. The van der Waals surface area contributed by atoms with Gasteiger partial charge in [0.1, 0.15) is 0 Å². The molecule has 0 radical (unpaired) electrons. The lowest BCUT2D eigenvalue weighted by molar-refractivity contribution is 1.32. The lowest BCUT2D eigenvalue weighted by atomic mass is 10.0. The van der Waals surface area contributed by atoms with E-state index in [1.54, 1.807) is 0 Å². The SMILES string of the molecule is C1=Cc2nc1c(-c1ccccc1)c1ccc([nH]1)c1ccc([nH]1)c(-c1ccccc1)c1ccc(s1)c(-c1ccccc1)c1ccc2[nH]1. The summed E-state index contributed by atoms with van der Waals surface area (Å²) in [6.45, 7) is 0. The number of H-pyrrole nitrogens is 3. The molecule has 10 bridgehead atoms. The monoisotopic (exact) mass is 608 g/mol. The maximum atomic E-state index is 5.17. The van der Waals surface area contributed by atoms with Crippen LogP contribution < -0.4 is 0 Å². The minimum atomic E-state index is 0.913. The van der Waals surface area contributed by atoms with Crippen molar-refractivity contribution >= 4 is 66.0 Å². The average Bonchev–Trinajstić information content (AvgIpc) is 3.94. The number of aromatic nitrogens is 4. The van der Waals surface area contributed by atoms with Gasteiger partial charge >= 0.3 is 0 Å². The van der Waals surface area contributed by atoms with E-state index in [0.717, 1.165) is 55.6 Å². The Hall–Kier alpha value is -5.91. The molecule has 0 atom stereocenters. The molecule has 1 aliphatic heterocycles. The van der Waals surface area contributed by atoms with Crippen LogP contribution in [0.1, 0.15) is 11.4 Å². The fourth-order valence-electron chi connectivity index (χ4n) is 6.46. The second kappa shape index (κ2) is 10.9. The van der Waals surface area contributed by atoms with E-state index < -0.39 is 0 Å². The van der Waals surface area contributed by atoms with Crippen molar-refractivity contribution in [2.24, 2.45) is 0 Å². The van der Waals surface area contributed by atoms with Gasteiger partial charge in [0.05, 0.1) is 27.9 Å². The average molecular weight is 609 g/mol. The molecular formula is C41H28N4S. The van der Waals surface area contributed by atoms with E-state index in [-0.39, 0.29) is 0 Å². The Kier molecular flexibility index (Phi) is 6.28. The number of benzene rings is 3. The van der Waals surface area contributed by atoms with Gasteiger partial charge in [-0.3, -0.25) is 0 Å². The molecule has 3 aromatic carbocycles. The molecule has 3 N–H and O–H groups in total. The number of nitrogens with zero attached hydrogens (tertiary/aromatic N) is 1. The summed E-state index contributed by atoms with van der Waals surface area (Å²) in [4.78, 5) is 16.4. The van der Waals surface area contributed by atoms with E-state index in [4.69, 9.17) is 4.98 Å². The van der Waals surface area contributed by atoms with Crippen molar-refractivity contribution in [3.63, 3.8) is 0 Å². The first-order valence-corrected chi connectivity index (χ1v) is 16.2. The van der Waals surface area contributed by atoms with Crippen LogP contribution in [0, 0.1) is 0 Å². The number of hydrogen-bond acceptors (Lipinski definition) is 2. The Bertz CT molecular complexity index is 2570. The molecule has 4 nitrogen and oxygen atoms in total. The molecule has 0 spiro atoms. The van der Waals surface area contributed by atoms with Gasteiger partial charge in [-0.25, -0.2) is 4.98 Å². The van der Waals surface area contributed by atoms with Crippen molar-refractivity contribution in [3.05, 3.63) is 151 Å². The summed E-state index contributed by atoms with van der Waals surface area (Å²) < 4.78 is 2.39. The van der Waals surface area contributed by atoms with Gasteiger partial charge in [-0.05, 0) is 77.4 Å². The number of rotatable bonds is 3. The van der Waals surface area contributed by atoms with Crippen LogP contribution in [0.15, 0.2) is 140 Å². The van der Waals surface area contributed by atoms with E-state index in [1.165, 1.54) is 31.7 Å². The normalized spacial score (nSPS) is 11.8. The maximum Gasteiger partial charge on any atom is 0.0872 e. The Balaban J connectivity index is 1.46. The summed E-state index contributed by atoms with van der Waals surface area (Å²) in [7, 11) is 0. The third-order valence-electron chi connectivity index (χ3n) is 8.61. The van der Waals surface area contributed by atoms with Gasteiger partial charge in [0, 0.05) is 42.6 Å². The van der Waals surface area contributed by atoms with E-state index >= 15 is 0 Å². The summed E-state index contributed by atoms with van der Waals surface area (Å²) in [5, 5.41) is 0. The first-order chi connectivity index (χ1) is 22.8. The van der Waals surface area contributed by atoms with Gasteiger partial charge in [0.2, 0.25) is 0 Å². The highest BCUT2D eigenvalue weighted by atomic mass is 32.1. The highest BCUT2D eigenvalue weighted by Gasteiger charge is 2.14. The Morgan fingerprint density at radius 2 is 0.739 bits per heavy atom. The smallest absolute Gasteiger partial charge is 0.0872 e. The largest absolute Gasteiger partial charge is 0.353 e. The van der Waals surface area contributed by atoms with Crippen molar-refractivity contribution in [3.8, 4) is 33.4 Å². The zero-order valence-corrected chi connectivity index (χ0v) is 25.6. The first-order valence-electron chi connectivity index (χ1n) is 15.4. The van der Waals surface area contributed by atoms with Crippen LogP contribution >= 0.6 is 11.3 Å². The van der Waals surface area contributed by atoms with E-state index in [1.807, 2.05) is 17.4 Å². The van der Waals surface area contributed by atoms with Crippen LogP contribution in [0.3, 0.4) is 0 Å². The van der Waals surface area contributed by atoms with Gasteiger partial charge in [0.25, 0.3) is 0 Å². The summed E-state index contributed by atoms with van der Waals surface area (Å²) in [6, 6.07) is 49.3. The summed E-state index contributed by atoms with van der Waals surface area (Å²) in [5.74, 6) is 0. The van der Waals surface area contributed by atoms with Crippen LogP contribution in [0.5, 0.6) is 0 Å². The molecule has 0 amide bonds. The number of hydrogen-bond donors (Lipinski definition) is 3. The number of fused-ring (bicyclic) bond motifs is 12. The molecule has 9 rings (SSSR count). The molecular weight excluding hydrogens is 581 g/mol. The lowest BCUT2D eigenvalue weighted by Crippen LogP contribution is -1.85. The van der Waals surface area contributed by atoms with Gasteiger partial charge in [0.15, 0.2) is 0 Å². The summed E-state index contributed by atoms with van der Waals surface area (Å²) >= 11 is 1.81. The maximum absolute atomic E-state index is 5.17. The van der Waals surface area contributed by atoms with E-state index in [9.17, 15) is 0 Å². The van der Waals surface area contributed by atoms with Gasteiger partial charge in [-0.1, -0.05) is 91.0 Å². The molecule has 218 valence electrons. The number of nitrogens with one attached hydrogen (secondary N) is 3. The highest BCUT2D eigenvalue weighted by Crippen LogP contribution is 2.38. The Labute approximate surface area is 269 Å². The van der Waals surface area contributed by atoms with Crippen LogP contribution in [-0.2, 0) is 0 Å². The zero-order chi connectivity index (χ0) is 30.5. The first kappa shape index (κ1) is 26.5. The van der Waals surface area contributed by atoms with Crippen molar-refractivity contribution in [2.75, 3.05) is 0 Å². The second-order valence-corrected chi connectivity index (χ2v) is 12.5. The predicted octanol–water partition coefficient (Wildman–Crippen LogP) is 11.5. The van der Waals surface area contributed by atoms with Crippen molar-refractivity contribution in [1.29, 1.82) is 0 Å². The molecule has 0 fully saturated rings. The zero-order valence-electron chi connectivity index (χ0n) is 24.8. The molecule has 0 saturated carbocycles. The molecule has 0 aliphatic carbocycles. The van der Waals surface area contributed by atoms with E-state index in [0.29, 0.717) is 0 Å². The third-order valence-corrected chi connectivity index (χ3v) is 9.73. The highest BCUT2D eigenvalue weighted by molar-refractivity contribution is 7.24. The molecule has 46 heavy (non-hydrogen) atoms. The topological polar surface area (TPSA) is 60.3 Å². The standard InChI is InChI=1S/C41H28N4S/c1-4-10-26(11-5-1)39-33-20-16-29(42-33)31-18-22-35(44-31)40(27-12-6-2-7-13-27)37-24-25-38(46-37)41(28-14-8-3-9-15-28)36-23-19-32(45-36)30-17-21-34(39)43-30/h1-25,42,44-45H. The van der Waals surface area contributed by atoms with Crippen LogP contribution in [0.4, 0.5) is 0 Å². The quantitative estimate of drug-likeness (QED) is 0.184. The van der Waals surface area contributed by atoms with Gasteiger partial charge in [-0.2, -0.15) is 0 Å². The Morgan fingerprint density at radius 1 is 0.348 bits per heavy atom. The minimum Gasteiger partial charge on any atom is -0.353 e. The van der Waals surface area contributed by atoms with Crippen molar-refractivity contribution < 1.29 is 0 Å². The third kappa shape index (κ3) is 4.57. The van der Waals surface area contributed by atoms with Crippen LogP contribution in [-0.4, -0.2) is 19.9 Å². The number of aromatic amines is 3. The lowest BCUT2D eigenvalue weighted by Gasteiger charge is -2.03. The molecule has 0 unspecified atom stereocenters. The second-order valence-electron chi connectivity index (χ2n) is 11.5. The molecule has 6 heterocycles.